The number of aromatic nitrogens is 4. The molecule has 0 radical (unpaired) electrons. The van der Waals surface area contributed by atoms with E-state index in [0.29, 0.717) is 17.6 Å². The van der Waals surface area contributed by atoms with Crippen LogP contribution in [-0.2, 0) is 0 Å². The third-order valence-corrected chi connectivity index (χ3v) is 11.4. The first-order valence-corrected chi connectivity index (χ1v) is 19.5. The van der Waals surface area contributed by atoms with Crippen molar-refractivity contribution >= 4 is 65.3 Å². The number of rotatable bonds is 5. The predicted molar refractivity (Wildman–Crippen MR) is 238 cm³/mol. The zero-order chi connectivity index (χ0) is 38.2. The molecule has 0 fully saturated rings. The van der Waals surface area contributed by atoms with Gasteiger partial charge in [0.1, 0.15) is 11.2 Å². The SMILES string of the molecule is c1ccc(-c2ccc(-c3nc(-c4ccc5ccccc5c4)nc(-n4c5c(-c6cccc7c6oc6ccccc67)cccc5c5ccc6ccccc6c54)n3)cc2)cc1. The Hall–Kier alpha value is -7.89. The van der Waals surface area contributed by atoms with E-state index < -0.39 is 0 Å². The lowest BCUT2D eigenvalue weighted by atomic mass is 9.99. The van der Waals surface area contributed by atoms with Crippen LogP contribution in [0.1, 0.15) is 0 Å². The molecule has 58 heavy (non-hydrogen) atoms. The van der Waals surface area contributed by atoms with Gasteiger partial charge in [-0.2, -0.15) is 9.97 Å². The van der Waals surface area contributed by atoms with E-state index >= 15 is 0 Å². The van der Waals surface area contributed by atoms with E-state index in [9.17, 15) is 0 Å². The van der Waals surface area contributed by atoms with Crippen molar-refractivity contribution < 1.29 is 4.42 Å². The molecular formula is C53H32N4O. The third-order valence-electron chi connectivity index (χ3n) is 11.4. The van der Waals surface area contributed by atoms with E-state index in [1.807, 2.05) is 18.2 Å². The van der Waals surface area contributed by atoms with E-state index in [1.165, 1.54) is 0 Å². The zero-order valence-electron chi connectivity index (χ0n) is 31.2. The van der Waals surface area contributed by atoms with E-state index in [2.05, 4.69) is 180 Å². The van der Waals surface area contributed by atoms with Gasteiger partial charge in [0.05, 0.1) is 11.0 Å². The van der Waals surface area contributed by atoms with Gasteiger partial charge < -0.3 is 4.42 Å². The van der Waals surface area contributed by atoms with Crippen LogP contribution >= 0.6 is 0 Å². The fourth-order valence-electron chi connectivity index (χ4n) is 8.70. The molecule has 0 unspecified atom stereocenters. The summed E-state index contributed by atoms with van der Waals surface area (Å²) in [6.45, 7) is 0. The van der Waals surface area contributed by atoms with Gasteiger partial charge in [0.15, 0.2) is 11.6 Å². The Morgan fingerprint density at radius 2 is 0.931 bits per heavy atom. The van der Waals surface area contributed by atoms with Crippen molar-refractivity contribution in [3.8, 4) is 51.0 Å². The van der Waals surface area contributed by atoms with Crippen molar-refractivity contribution in [2.45, 2.75) is 0 Å². The first-order valence-electron chi connectivity index (χ1n) is 19.5. The highest BCUT2D eigenvalue weighted by atomic mass is 16.3. The minimum Gasteiger partial charge on any atom is -0.455 e. The molecule has 3 aromatic heterocycles. The van der Waals surface area contributed by atoms with Crippen molar-refractivity contribution in [2.75, 3.05) is 0 Å². The Kier molecular flexibility index (Phi) is 7.16. The molecule has 12 rings (SSSR count). The van der Waals surface area contributed by atoms with Gasteiger partial charge in [0.25, 0.3) is 0 Å². The number of fused-ring (bicyclic) bond motifs is 9. The number of para-hydroxylation sites is 3. The summed E-state index contributed by atoms with van der Waals surface area (Å²) in [6.07, 6.45) is 0. The van der Waals surface area contributed by atoms with Gasteiger partial charge >= 0.3 is 0 Å². The van der Waals surface area contributed by atoms with E-state index in [0.717, 1.165) is 98.7 Å². The number of furan rings is 1. The van der Waals surface area contributed by atoms with Crippen LogP contribution in [0.25, 0.3) is 116 Å². The molecule has 0 saturated carbocycles. The maximum atomic E-state index is 6.66. The van der Waals surface area contributed by atoms with Crippen molar-refractivity contribution in [1.29, 1.82) is 0 Å². The van der Waals surface area contributed by atoms with Crippen LogP contribution in [0, 0.1) is 0 Å². The summed E-state index contributed by atoms with van der Waals surface area (Å²) < 4.78 is 8.92. The smallest absolute Gasteiger partial charge is 0.238 e. The van der Waals surface area contributed by atoms with Crippen molar-refractivity contribution in [1.82, 2.24) is 19.5 Å². The molecule has 0 aliphatic heterocycles. The molecule has 0 aliphatic carbocycles. The van der Waals surface area contributed by atoms with Gasteiger partial charge in [-0.3, -0.25) is 4.57 Å². The fourth-order valence-corrected chi connectivity index (χ4v) is 8.70. The Balaban J connectivity index is 1.18. The lowest BCUT2D eigenvalue weighted by molar-refractivity contribution is 0.670. The van der Waals surface area contributed by atoms with Crippen molar-refractivity contribution in [3.05, 3.63) is 194 Å². The molecule has 0 saturated heterocycles. The highest BCUT2D eigenvalue weighted by Crippen LogP contribution is 2.44. The van der Waals surface area contributed by atoms with Crippen molar-refractivity contribution in [2.24, 2.45) is 0 Å². The Bertz CT molecular complexity index is 3560. The molecule has 5 nitrogen and oxygen atoms in total. The Morgan fingerprint density at radius 3 is 1.78 bits per heavy atom. The first kappa shape index (κ1) is 32.4. The first-order chi connectivity index (χ1) is 28.7. The number of hydrogen-bond acceptors (Lipinski definition) is 4. The Morgan fingerprint density at radius 1 is 0.345 bits per heavy atom. The van der Waals surface area contributed by atoms with Crippen LogP contribution in [0.2, 0.25) is 0 Å². The van der Waals surface area contributed by atoms with Crippen LogP contribution in [0.15, 0.2) is 199 Å². The number of hydrogen-bond donors (Lipinski definition) is 0. The van der Waals surface area contributed by atoms with Gasteiger partial charge in [-0.15, -0.1) is 0 Å². The van der Waals surface area contributed by atoms with Crippen LogP contribution < -0.4 is 0 Å². The van der Waals surface area contributed by atoms with Crippen LogP contribution in [-0.4, -0.2) is 19.5 Å². The Labute approximate surface area is 333 Å². The van der Waals surface area contributed by atoms with Gasteiger partial charge in [-0.1, -0.05) is 182 Å². The summed E-state index contributed by atoms with van der Waals surface area (Å²) in [7, 11) is 0. The average molecular weight is 741 g/mol. The molecule has 0 bridgehead atoms. The normalized spacial score (nSPS) is 11.8. The maximum absolute atomic E-state index is 6.66. The fraction of sp³-hybridized carbons (Fsp3) is 0. The third kappa shape index (κ3) is 5.07. The lowest BCUT2D eigenvalue weighted by Crippen LogP contribution is -2.07. The monoisotopic (exact) mass is 740 g/mol. The molecule has 270 valence electrons. The summed E-state index contributed by atoms with van der Waals surface area (Å²) in [5.74, 6) is 1.74. The highest BCUT2D eigenvalue weighted by Gasteiger charge is 2.24. The largest absolute Gasteiger partial charge is 0.455 e. The minimum absolute atomic E-state index is 0.542. The molecule has 0 spiro atoms. The minimum atomic E-state index is 0.542. The van der Waals surface area contributed by atoms with Gasteiger partial charge in [-0.25, -0.2) is 4.98 Å². The predicted octanol–water partition coefficient (Wildman–Crippen LogP) is 13.8. The lowest BCUT2D eigenvalue weighted by Gasteiger charge is -2.14. The maximum Gasteiger partial charge on any atom is 0.238 e. The summed E-state index contributed by atoms with van der Waals surface area (Å²) in [5, 5.41) is 8.94. The second-order valence-corrected chi connectivity index (χ2v) is 14.8. The molecule has 12 aromatic rings. The van der Waals surface area contributed by atoms with Gasteiger partial charge in [0, 0.05) is 49.2 Å². The molecule has 0 N–H and O–H groups in total. The molecule has 0 amide bonds. The number of benzene rings is 9. The summed E-state index contributed by atoms with van der Waals surface area (Å²) in [6, 6.07) is 68.0. The van der Waals surface area contributed by atoms with Crippen LogP contribution in [0.5, 0.6) is 0 Å². The van der Waals surface area contributed by atoms with Crippen LogP contribution in [0.3, 0.4) is 0 Å². The topological polar surface area (TPSA) is 56.7 Å². The summed E-state index contributed by atoms with van der Waals surface area (Å²) >= 11 is 0. The average Bonchev–Trinajstić information content (AvgIpc) is 3.86. The molecule has 0 aliphatic rings. The van der Waals surface area contributed by atoms with E-state index in [1.54, 1.807) is 0 Å². The molecule has 0 atom stereocenters. The second kappa shape index (κ2) is 12.8. The van der Waals surface area contributed by atoms with E-state index in [4.69, 9.17) is 19.4 Å². The number of nitrogens with zero attached hydrogens (tertiary/aromatic N) is 4. The summed E-state index contributed by atoms with van der Waals surface area (Å²) in [5.41, 5.74) is 9.91. The summed E-state index contributed by atoms with van der Waals surface area (Å²) in [4.78, 5) is 16.0. The van der Waals surface area contributed by atoms with E-state index in [-0.39, 0.29) is 0 Å². The molecular weight excluding hydrogens is 709 g/mol. The molecule has 3 heterocycles. The van der Waals surface area contributed by atoms with Gasteiger partial charge in [0.2, 0.25) is 5.95 Å². The molecule has 9 aromatic carbocycles. The zero-order valence-corrected chi connectivity index (χ0v) is 31.2. The standard InChI is InChI=1S/C53H32N4O/c1-2-12-33(13-3-1)35-24-27-37(28-25-35)51-54-52(39-29-26-34-14-4-5-16-38(34)32-39)56-53(55-51)57-48-40-17-7-6-15-36(40)30-31-44(48)42-19-10-20-43(49(42)57)46-22-11-21-45-41-18-8-9-23-47(41)58-50(45)46/h1-32H. The highest BCUT2D eigenvalue weighted by molar-refractivity contribution is 6.22. The quantitative estimate of drug-likeness (QED) is 0.176. The molecule has 5 heteroatoms. The van der Waals surface area contributed by atoms with Crippen molar-refractivity contribution in [3.63, 3.8) is 0 Å². The van der Waals surface area contributed by atoms with Gasteiger partial charge in [-0.05, 0) is 39.4 Å². The van der Waals surface area contributed by atoms with Crippen LogP contribution in [0.4, 0.5) is 0 Å². The second-order valence-electron chi connectivity index (χ2n) is 14.8.